The van der Waals surface area contributed by atoms with Crippen LogP contribution in [0.15, 0.2) is 65.1 Å². The summed E-state index contributed by atoms with van der Waals surface area (Å²) in [7, 11) is 3.25. The largest absolute Gasteiger partial charge is 0.497 e. The van der Waals surface area contributed by atoms with Crippen LogP contribution < -0.4 is 14.8 Å². The number of hydrogen-bond acceptors (Lipinski definition) is 4. The fourth-order valence-electron chi connectivity index (χ4n) is 2.75. The van der Waals surface area contributed by atoms with Gasteiger partial charge in [-0.25, -0.2) is 0 Å². The van der Waals surface area contributed by atoms with Gasteiger partial charge >= 0.3 is 0 Å². The molecule has 0 aliphatic carbocycles. The van der Waals surface area contributed by atoms with E-state index in [2.05, 4.69) is 5.32 Å². The third-order valence-electron chi connectivity index (χ3n) is 4.22. The van der Waals surface area contributed by atoms with Gasteiger partial charge in [-0.2, -0.15) is 0 Å². The summed E-state index contributed by atoms with van der Waals surface area (Å²) in [6, 6.07) is 18.2. The van der Waals surface area contributed by atoms with Gasteiger partial charge in [-0.1, -0.05) is 24.3 Å². The molecule has 3 rings (SSSR count). The molecule has 3 aromatic rings. The zero-order valence-corrected chi connectivity index (χ0v) is 15.8. The van der Waals surface area contributed by atoms with Gasteiger partial charge in [0.2, 0.25) is 0 Å². The van der Waals surface area contributed by atoms with Crippen molar-refractivity contribution in [2.24, 2.45) is 0 Å². The Morgan fingerprint density at radius 2 is 1.56 bits per heavy atom. The first-order chi connectivity index (χ1) is 13.1. The molecule has 0 aliphatic rings. The van der Waals surface area contributed by atoms with Crippen LogP contribution in [0.5, 0.6) is 11.5 Å². The second-order valence-corrected chi connectivity index (χ2v) is 6.33. The third kappa shape index (κ3) is 4.83. The van der Waals surface area contributed by atoms with Gasteiger partial charge in [-0.15, -0.1) is 0 Å². The molecule has 1 unspecified atom stereocenters. The predicted molar refractivity (Wildman–Crippen MR) is 104 cm³/mol. The number of hydrogen-bond donors (Lipinski definition) is 1. The highest BCUT2D eigenvalue weighted by Gasteiger charge is 2.19. The molecule has 0 bridgehead atoms. The summed E-state index contributed by atoms with van der Waals surface area (Å²) in [5, 5.41) is 3.19. The van der Waals surface area contributed by atoms with Crippen molar-refractivity contribution in [2.75, 3.05) is 14.2 Å². The van der Waals surface area contributed by atoms with E-state index in [4.69, 9.17) is 25.5 Å². The van der Waals surface area contributed by atoms with E-state index in [0.717, 1.165) is 22.6 Å². The summed E-state index contributed by atoms with van der Waals surface area (Å²) in [6.07, 6.45) is 0.608. The quantitative estimate of drug-likeness (QED) is 0.642. The van der Waals surface area contributed by atoms with Gasteiger partial charge in [0.05, 0.1) is 20.3 Å². The third-order valence-corrected chi connectivity index (χ3v) is 4.42. The Bertz CT molecular complexity index is 887. The molecule has 140 valence electrons. The Morgan fingerprint density at radius 3 is 2.07 bits per heavy atom. The maximum absolute atomic E-state index is 12.5. The Morgan fingerprint density at radius 1 is 0.963 bits per heavy atom. The van der Waals surface area contributed by atoms with Crippen molar-refractivity contribution in [1.82, 2.24) is 5.32 Å². The standard InChI is InChI=1S/C21H20ClNO4/c1-25-16-7-3-14(4-8-16)13-18(15-5-9-17(26-2)10-6-15)23-21(24)19-11-12-20(22)27-19/h3-12,18H,13H2,1-2H3,(H,23,24). The van der Waals surface area contributed by atoms with E-state index in [-0.39, 0.29) is 22.9 Å². The number of ether oxygens (including phenoxy) is 2. The minimum absolute atomic E-state index is 0.174. The molecule has 0 saturated heterocycles. The molecule has 2 aromatic carbocycles. The van der Waals surface area contributed by atoms with Crippen LogP contribution in [-0.4, -0.2) is 20.1 Å². The smallest absolute Gasteiger partial charge is 0.287 e. The Balaban J connectivity index is 1.83. The maximum Gasteiger partial charge on any atom is 0.287 e. The second-order valence-electron chi connectivity index (χ2n) is 5.96. The predicted octanol–water partition coefficient (Wildman–Crippen LogP) is 4.66. The van der Waals surface area contributed by atoms with E-state index in [0.29, 0.717) is 6.42 Å². The molecule has 1 amide bonds. The van der Waals surface area contributed by atoms with Crippen molar-refractivity contribution in [3.05, 3.63) is 82.8 Å². The maximum atomic E-state index is 12.5. The van der Waals surface area contributed by atoms with Crippen LogP contribution in [0.4, 0.5) is 0 Å². The summed E-state index contributed by atoms with van der Waals surface area (Å²) in [5.74, 6) is 1.39. The van der Waals surface area contributed by atoms with Crippen molar-refractivity contribution in [3.63, 3.8) is 0 Å². The van der Waals surface area contributed by atoms with Gasteiger partial charge in [-0.05, 0) is 65.5 Å². The average molecular weight is 386 g/mol. The van der Waals surface area contributed by atoms with Crippen molar-refractivity contribution >= 4 is 17.5 Å². The molecule has 1 N–H and O–H groups in total. The lowest BCUT2D eigenvalue weighted by Gasteiger charge is -2.19. The first-order valence-corrected chi connectivity index (χ1v) is 8.80. The van der Waals surface area contributed by atoms with E-state index < -0.39 is 0 Å². The number of rotatable bonds is 7. The molecule has 1 heterocycles. The second kappa shape index (κ2) is 8.64. The zero-order valence-electron chi connectivity index (χ0n) is 15.1. The summed E-state index contributed by atoms with van der Waals surface area (Å²) in [5.41, 5.74) is 2.02. The van der Waals surface area contributed by atoms with Gasteiger partial charge in [0.15, 0.2) is 11.0 Å². The number of benzene rings is 2. The van der Waals surface area contributed by atoms with Crippen molar-refractivity contribution in [2.45, 2.75) is 12.5 Å². The first kappa shape index (κ1) is 18.9. The molecule has 0 fully saturated rings. The first-order valence-electron chi connectivity index (χ1n) is 8.42. The summed E-state index contributed by atoms with van der Waals surface area (Å²) in [4.78, 5) is 12.5. The number of furan rings is 1. The number of amides is 1. The van der Waals surface area contributed by atoms with E-state index in [1.54, 1.807) is 26.4 Å². The molecule has 6 heteroatoms. The average Bonchev–Trinajstić information content (AvgIpc) is 3.14. The monoisotopic (exact) mass is 385 g/mol. The van der Waals surface area contributed by atoms with E-state index in [1.807, 2.05) is 48.5 Å². The summed E-state index contributed by atoms with van der Waals surface area (Å²) in [6.45, 7) is 0. The number of halogens is 1. The Labute approximate surface area is 162 Å². The molecule has 5 nitrogen and oxygen atoms in total. The van der Waals surface area contributed by atoms with Crippen LogP contribution in [-0.2, 0) is 6.42 Å². The highest BCUT2D eigenvalue weighted by molar-refractivity contribution is 6.29. The molecule has 0 radical (unpaired) electrons. The van der Waals surface area contributed by atoms with Gasteiger partial charge in [0.1, 0.15) is 11.5 Å². The SMILES string of the molecule is COc1ccc(CC(NC(=O)c2ccc(Cl)o2)c2ccc(OC)cc2)cc1. The molecule has 0 aliphatic heterocycles. The molecule has 1 atom stereocenters. The summed E-state index contributed by atoms with van der Waals surface area (Å²) < 4.78 is 15.6. The van der Waals surface area contributed by atoms with Gasteiger partial charge < -0.3 is 19.2 Å². The van der Waals surface area contributed by atoms with Gasteiger partial charge in [-0.3, -0.25) is 4.79 Å². The minimum Gasteiger partial charge on any atom is -0.497 e. The van der Waals surface area contributed by atoms with Crippen LogP contribution in [0.2, 0.25) is 5.22 Å². The number of nitrogens with one attached hydrogen (secondary N) is 1. The lowest BCUT2D eigenvalue weighted by molar-refractivity contribution is 0.0908. The molecule has 0 spiro atoms. The van der Waals surface area contributed by atoms with Crippen LogP contribution in [0.1, 0.15) is 27.7 Å². The van der Waals surface area contributed by atoms with Crippen LogP contribution in [0.25, 0.3) is 0 Å². The molecule has 1 aromatic heterocycles. The van der Waals surface area contributed by atoms with E-state index >= 15 is 0 Å². The fraction of sp³-hybridized carbons (Fsp3) is 0.190. The molecule has 0 saturated carbocycles. The summed E-state index contributed by atoms with van der Waals surface area (Å²) >= 11 is 5.78. The molecular weight excluding hydrogens is 366 g/mol. The number of carbonyl (C=O) groups excluding carboxylic acids is 1. The van der Waals surface area contributed by atoms with Crippen LogP contribution >= 0.6 is 11.6 Å². The minimum atomic E-state index is -0.323. The van der Waals surface area contributed by atoms with Crippen molar-refractivity contribution in [1.29, 1.82) is 0 Å². The lowest BCUT2D eigenvalue weighted by atomic mass is 9.98. The lowest BCUT2D eigenvalue weighted by Crippen LogP contribution is -2.29. The fourth-order valence-corrected chi connectivity index (χ4v) is 2.90. The highest BCUT2D eigenvalue weighted by atomic mass is 35.5. The van der Waals surface area contributed by atoms with Gasteiger partial charge in [0, 0.05) is 0 Å². The van der Waals surface area contributed by atoms with Crippen LogP contribution in [0.3, 0.4) is 0 Å². The Kier molecular flexibility index (Phi) is 6.04. The molecule has 27 heavy (non-hydrogen) atoms. The number of carbonyl (C=O) groups is 1. The van der Waals surface area contributed by atoms with E-state index in [1.165, 1.54) is 0 Å². The van der Waals surface area contributed by atoms with Crippen molar-refractivity contribution < 1.29 is 18.7 Å². The van der Waals surface area contributed by atoms with Crippen LogP contribution in [0, 0.1) is 0 Å². The normalized spacial score (nSPS) is 11.7. The zero-order chi connectivity index (χ0) is 19.2. The number of methoxy groups -OCH3 is 2. The van der Waals surface area contributed by atoms with Gasteiger partial charge in [0.25, 0.3) is 5.91 Å². The van der Waals surface area contributed by atoms with E-state index in [9.17, 15) is 4.79 Å². The van der Waals surface area contributed by atoms with Crippen molar-refractivity contribution in [3.8, 4) is 11.5 Å². The molecular formula is C21H20ClNO4. The topological polar surface area (TPSA) is 60.7 Å². The highest BCUT2D eigenvalue weighted by Crippen LogP contribution is 2.24. The Hall–Kier alpha value is -2.92.